The summed E-state index contributed by atoms with van der Waals surface area (Å²) in [6, 6.07) is 29.1. The number of para-hydroxylation sites is 1. The Morgan fingerprint density at radius 1 is 0.679 bits per heavy atom. The molecule has 0 fully saturated rings. The van der Waals surface area contributed by atoms with Crippen LogP contribution in [-0.2, 0) is 0 Å². The molecule has 0 aliphatic heterocycles. The van der Waals surface area contributed by atoms with E-state index < -0.39 is 10.2 Å². The first-order chi connectivity index (χ1) is 13.3. The number of aryl methyl sites for hydroxylation is 1. The summed E-state index contributed by atoms with van der Waals surface area (Å²) in [7, 11) is -4.94. The van der Waals surface area contributed by atoms with Gasteiger partial charge in [0.25, 0.3) is 0 Å². The molecule has 0 atom stereocenters. The second-order valence-corrected chi connectivity index (χ2v) is 6.73. The van der Waals surface area contributed by atoms with Crippen LogP contribution in [0.3, 0.4) is 0 Å². The van der Waals surface area contributed by atoms with Crippen molar-refractivity contribution in [3.05, 3.63) is 90.6 Å². The van der Waals surface area contributed by atoms with E-state index in [1.165, 1.54) is 10.8 Å². The number of hydrogen-bond donors (Lipinski definition) is 0. The first-order valence-corrected chi connectivity index (χ1v) is 9.62. The maximum atomic E-state index is 8.49. The predicted octanol–water partition coefficient (Wildman–Crippen LogP) is -0.269. The van der Waals surface area contributed by atoms with Crippen LogP contribution in [0, 0.1) is 17.2 Å². The van der Waals surface area contributed by atoms with E-state index >= 15 is 0 Å². The molecule has 0 spiro atoms. The molecule has 0 aliphatic rings. The monoisotopic (exact) mass is 396 g/mol. The minimum absolute atomic E-state index is 1.01. The molecule has 0 radical (unpaired) electrons. The highest BCUT2D eigenvalue weighted by Crippen LogP contribution is 2.27. The Hall–Kier alpha value is -2.87. The van der Waals surface area contributed by atoms with Crippen LogP contribution < -0.4 is 23.3 Å². The topological polar surface area (TPSA) is 109 Å². The lowest BCUT2D eigenvalue weighted by Gasteiger charge is -2.17. The summed E-state index contributed by atoms with van der Waals surface area (Å²) in [5, 5.41) is 7.37. The molecule has 1 heterocycles. The number of rotatable bonds is 2. The van der Waals surface area contributed by atoms with E-state index in [2.05, 4.69) is 67.6 Å². The molecule has 0 bridgehead atoms. The SMILES string of the molecule is Cc1c2ccccc2c(-c2ccccc2)n[n+]1-c1ccccc1.[O-][Cl+3]([O-])([O-])[O-]. The second-order valence-electron chi connectivity index (χ2n) is 5.97. The summed E-state index contributed by atoms with van der Waals surface area (Å²) in [4.78, 5) is 0. The highest BCUT2D eigenvalue weighted by molar-refractivity contribution is 5.94. The van der Waals surface area contributed by atoms with E-state index in [0.29, 0.717) is 0 Å². The Bertz CT molecular complexity index is 1060. The quantitative estimate of drug-likeness (QED) is 0.433. The number of fused-ring (bicyclic) bond motifs is 1. The maximum Gasteiger partial charge on any atom is 0.238 e. The largest absolute Gasteiger partial charge is 0.238 e. The van der Waals surface area contributed by atoms with Crippen molar-refractivity contribution in [2.75, 3.05) is 0 Å². The average molecular weight is 397 g/mol. The van der Waals surface area contributed by atoms with Crippen molar-refractivity contribution in [3.63, 3.8) is 0 Å². The molecular formula is C21H17ClN2O4. The zero-order chi connectivity index (χ0) is 20.1. The molecular weight excluding hydrogens is 380 g/mol. The van der Waals surface area contributed by atoms with Crippen molar-refractivity contribution in [1.82, 2.24) is 5.10 Å². The fourth-order valence-corrected chi connectivity index (χ4v) is 2.98. The zero-order valence-electron chi connectivity index (χ0n) is 15.0. The van der Waals surface area contributed by atoms with Crippen LogP contribution in [0.15, 0.2) is 84.9 Å². The molecule has 0 aliphatic carbocycles. The fourth-order valence-electron chi connectivity index (χ4n) is 2.98. The molecule has 0 N–H and O–H groups in total. The lowest BCUT2D eigenvalue weighted by atomic mass is 10.0. The summed E-state index contributed by atoms with van der Waals surface area (Å²) >= 11 is 0. The smallest absolute Gasteiger partial charge is 0.222 e. The van der Waals surface area contributed by atoms with Gasteiger partial charge in [-0.2, -0.15) is 0 Å². The molecule has 3 aromatic carbocycles. The first kappa shape index (κ1) is 19.9. The molecule has 142 valence electrons. The van der Waals surface area contributed by atoms with Crippen molar-refractivity contribution in [3.8, 4) is 16.9 Å². The van der Waals surface area contributed by atoms with Gasteiger partial charge in [-0.1, -0.05) is 66.7 Å². The lowest BCUT2D eigenvalue weighted by Crippen LogP contribution is -2.68. The standard InChI is InChI=1S/C21H17N2.ClHO4/c1-16-19-14-8-9-15-20(19)21(17-10-4-2-5-11-17)22-23(16)18-12-6-3-7-13-18;2-1(3,4)5/h2-15H,1H3;(H,2,3,4,5)/q+1;/p-1. The van der Waals surface area contributed by atoms with Crippen LogP contribution in [0.1, 0.15) is 5.69 Å². The van der Waals surface area contributed by atoms with Gasteiger partial charge in [-0.3, -0.25) is 0 Å². The third kappa shape index (κ3) is 4.89. The van der Waals surface area contributed by atoms with E-state index in [1.807, 2.05) is 28.9 Å². The Kier molecular flexibility index (Phi) is 5.99. The van der Waals surface area contributed by atoms with Gasteiger partial charge in [-0.05, 0) is 10.7 Å². The number of nitrogens with zero attached hydrogens (tertiary/aromatic N) is 2. The van der Waals surface area contributed by atoms with Gasteiger partial charge in [0, 0.05) is 35.1 Å². The summed E-state index contributed by atoms with van der Waals surface area (Å²) in [5.74, 6) is 0. The Morgan fingerprint density at radius 2 is 1.14 bits per heavy atom. The normalized spacial score (nSPS) is 11.0. The van der Waals surface area contributed by atoms with E-state index in [1.54, 1.807) is 0 Å². The van der Waals surface area contributed by atoms with E-state index in [0.717, 1.165) is 22.6 Å². The summed E-state index contributed by atoms with van der Waals surface area (Å²) in [5.41, 5.74) is 4.36. The van der Waals surface area contributed by atoms with Crippen LogP contribution in [0.2, 0.25) is 0 Å². The minimum atomic E-state index is -4.94. The van der Waals surface area contributed by atoms with Gasteiger partial charge < -0.3 is 0 Å². The Labute approximate surface area is 164 Å². The molecule has 7 heteroatoms. The van der Waals surface area contributed by atoms with Crippen LogP contribution in [0.4, 0.5) is 0 Å². The van der Waals surface area contributed by atoms with E-state index in [-0.39, 0.29) is 0 Å². The van der Waals surface area contributed by atoms with Crippen LogP contribution >= 0.6 is 0 Å². The Balaban J connectivity index is 0.000000403. The summed E-state index contributed by atoms with van der Waals surface area (Å²) < 4.78 is 36.0. The third-order valence-corrected chi connectivity index (χ3v) is 4.14. The van der Waals surface area contributed by atoms with Gasteiger partial charge in [0.2, 0.25) is 11.4 Å². The second kappa shape index (κ2) is 8.43. The highest BCUT2D eigenvalue weighted by Gasteiger charge is 2.20. The maximum absolute atomic E-state index is 8.49. The predicted molar refractivity (Wildman–Crippen MR) is 93.4 cm³/mol. The zero-order valence-corrected chi connectivity index (χ0v) is 15.7. The molecule has 0 amide bonds. The fraction of sp³-hybridized carbons (Fsp3) is 0.0476. The van der Waals surface area contributed by atoms with E-state index in [9.17, 15) is 0 Å². The van der Waals surface area contributed by atoms with Crippen molar-refractivity contribution < 1.29 is 33.6 Å². The summed E-state index contributed by atoms with van der Waals surface area (Å²) in [6.07, 6.45) is 0. The average Bonchev–Trinajstić information content (AvgIpc) is 2.69. The van der Waals surface area contributed by atoms with Crippen molar-refractivity contribution in [2.24, 2.45) is 0 Å². The molecule has 0 unspecified atom stereocenters. The van der Waals surface area contributed by atoms with Gasteiger partial charge in [0.1, 0.15) is 5.69 Å². The van der Waals surface area contributed by atoms with Crippen molar-refractivity contribution in [2.45, 2.75) is 6.92 Å². The molecule has 0 saturated carbocycles. The number of halogens is 1. The first-order valence-electron chi connectivity index (χ1n) is 8.39. The third-order valence-electron chi connectivity index (χ3n) is 4.14. The number of hydrogen-bond acceptors (Lipinski definition) is 5. The molecule has 0 saturated heterocycles. The molecule has 28 heavy (non-hydrogen) atoms. The van der Waals surface area contributed by atoms with Gasteiger partial charge in [0.15, 0.2) is 0 Å². The van der Waals surface area contributed by atoms with Gasteiger partial charge in [0.05, 0.1) is 5.39 Å². The van der Waals surface area contributed by atoms with Gasteiger partial charge in [-0.25, -0.2) is 18.6 Å². The van der Waals surface area contributed by atoms with Crippen molar-refractivity contribution in [1.29, 1.82) is 0 Å². The molecule has 6 nitrogen and oxygen atoms in total. The van der Waals surface area contributed by atoms with Gasteiger partial charge in [-0.15, -0.1) is 10.2 Å². The molecule has 4 aromatic rings. The van der Waals surface area contributed by atoms with E-state index in [4.69, 9.17) is 23.7 Å². The number of benzene rings is 3. The van der Waals surface area contributed by atoms with Crippen LogP contribution in [0.25, 0.3) is 27.7 Å². The highest BCUT2D eigenvalue weighted by atomic mass is 35.7. The molecule has 1 aromatic heterocycles. The van der Waals surface area contributed by atoms with Crippen LogP contribution in [-0.4, -0.2) is 5.10 Å². The minimum Gasteiger partial charge on any atom is -0.222 e. The summed E-state index contributed by atoms with van der Waals surface area (Å²) in [6.45, 7) is 2.12. The number of aromatic nitrogens is 2. The lowest BCUT2D eigenvalue weighted by molar-refractivity contribution is -2.00. The van der Waals surface area contributed by atoms with Gasteiger partial charge >= 0.3 is 0 Å². The Morgan fingerprint density at radius 3 is 1.71 bits per heavy atom. The van der Waals surface area contributed by atoms with Crippen molar-refractivity contribution >= 4 is 10.8 Å². The van der Waals surface area contributed by atoms with Crippen LogP contribution in [0.5, 0.6) is 0 Å². The molecule has 4 rings (SSSR count).